The van der Waals surface area contributed by atoms with Gasteiger partial charge in [0.05, 0.1) is 5.56 Å². The fourth-order valence-electron chi connectivity index (χ4n) is 2.63. The van der Waals surface area contributed by atoms with E-state index in [-0.39, 0.29) is 11.7 Å². The first-order valence-electron chi connectivity index (χ1n) is 7.71. The summed E-state index contributed by atoms with van der Waals surface area (Å²) in [5.41, 5.74) is -0.605. The second-order valence-electron chi connectivity index (χ2n) is 6.19. The summed E-state index contributed by atoms with van der Waals surface area (Å²) in [5.74, 6) is 0.570. The summed E-state index contributed by atoms with van der Waals surface area (Å²) in [4.78, 5) is 16.1. The zero-order chi connectivity index (χ0) is 17.0. The van der Waals surface area contributed by atoms with Crippen LogP contribution in [0.25, 0.3) is 0 Å². The van der Waals surface area contributed by atoms with Crippen LogP contribution >= 0.6 is 0 Å². The van der Waals surface area contributed by atoms with Crippen molar-refractivity contribution in [2.75, 3.05) is 38.0 Å². The molecular formula is C16H22F3N3O. The third-order valence-corrected chi connectivity index (χ3v) is 3.72. The highest BCUT2D eigenvalue weighted by atomic mass is 19.4. The van der Waals surface area contributed by atoms with E-state index < -0.39 is 11.7 Å². The molecule has 1 heterocycles. The second kappa shape index (κ2) is 7.21. The van der Waals surface area contributed by atoms with Gasteiger partial charge in [-0.25, -0.2) is 4.79 Å². The first kappa shape index (κ1) is 17.6. The first-order chi connectivity index (χ1) is 10.8. The van der Waals surface area contributed by atoms with Gasteiger partial charge in [0.1, 0.15) is 0 Å². The molecule has 1 aromatic carbocycles. The molecule has 0 aromatic heterocycles. The third kappa shape index (κ3) is 5.13. The molecule has 0 unspecified atom stereocenters. The molecule has 1 aliphatic rings. The number of nitrogens with zero attached hydrogens (tertiary/aromatic N) is 2. The van der Waals surface area contributed by atoms with Gasteiger partial charge in [0, 0.05) is 38.4 Å². The molecule has 0 aliphatic carbocycles. The Morgan fingerprint density at radius 3 is 2.43 bits per heavy atom. The molecule has 7 heteroatoms. The molecule has 0 saturated carbocycles. The van der Waals surface area contributed by atoms with Crippen molar-refractivity contribution in [1.29, 1.82) is 0 Å². The van der Waals surface area contributed by atoms with E-state index in [1.54, 1.807) is 4.90 Å². The molecule has 0 bridgehead atoms. The zero-order valence-electron chi connectivity index (χ0n) is 13.4. The Morgan fingerprint density at radius 1 is 1.22 bits per heavy atom. The average Bonchev–Trinajstić information content (AvgIpc) is 2.46. The Balaban J connectivity index is 1.91. The van der Waals surface area contributed by atoms with E-state index in [0.717, 1.165) is 31.8 Å². The number of carbonyl (C=O) groups is 1. The van der Waals surface area contributed by atoms with E-state index in [1.807, 2.05) is 0 Å². The number of halogens is 3. The number of anilines is 1. The molecule has 2 amide bonds. The predicted molar refractivity (Wildman–Crippen MR) is 83.3 cm³/mol. The second-order valence-corrected chi connectivity index (χ2v) is 6.19. The van der Waals surface area contributed by atoms with Crippen LogP contribution in [-0.2, 0) is 6.18 Å². The Hall–Kier alpha value is -1.76. The highest BCUT2D eigenvalue weighted by Crippen LogP contribution is 2.30. The van der Waals surface area contributed by atoms with Gasteiger partial charge in [-0.15, -0.1) is 0 Å². The number of hydrogen-bond acceptors (Lipinski definition) is 2. The number of benzene rings is 1. The maximum Gasteiger partial charge on any atom is 0.416 e. The minimum Gasteiger partial charge on any atom is -0.322 e. The van der Waals surface area contributed by atoms with Crippen molar-refractivity contribution in [3.8, 4) is 0 Å². The average molecular weight is 329 g/mol. The SMILES string of the molecule is CC(C)CN1CCN(C(=O)Nc2cccc(C(F)(F)F)c2)CC1. The number of amides is 2. The van der Waals surface area contributed by atoms with Crippen LogP contribution in [0, 0.1) is 5.92 Å². The number of rotatable bonds is 3. The Morgan fingerprint density at radius 2 is 1.87 bits per heavy atom. The van der Waals surface area contributed by atoms with Crippen molar-refractivity contribution in [3.05, 3.63) is 29.8 Å². The van der Waals surface area contributed by atoms with Gasteiger partial charge in [0.15, 0.2) is 0 Å². The maximum absolute atomic E-state index is 12.7. The van der Waals surface area contributed by atoms with Gasteiger partial charge in [0.2, 0.25) is 0 Å². The van der Waals surface area contributed by atoms with Crippen LogP contribution in [0.2, 0.25) is 0 Å². The summed E-state index contributed by atoms with van der Waals surface area (Å²) in [6.07, 6.45) is -4.41. The molecule has 0 radical (unpaired) electrons. The van der Waals surface area contributed by atoms with Crippen molar-refractivity contribution in [2.45, 2.75) is 20.0 Å². The molecule has 1 saturated heterocycles. The van der Waals surface area contributed by atoms with E-state index in [9.17, 15) is 18.0 Å². The molecule has 128 valence electrons. The van der Waals surface area contributed by atoms with Crippen LogP contribution in [-0.4, -0.2) is 48.6 Å². The van der Waals surface area contributed by atoms with E-state index >= 15 is 0 Å². The molecule has 1 aliphatic heterocycles. The third-order valence-electron chi connectivity index (χ3n) is 3.72. The van der Waals surface area contributed by atoms with Crippen molar-refractivity contribution in [3.63, 3.8) is 0 Å². The van der Waals surface area contributed by atoms with Gasteiger partial charge in [-0.2, -0.15) is 13.2 Å². The highest BCUT2D eigenvalue weighted by molar-refractivity contribution is 5.89. The van der Waals surface area contributed by atoms with E-state index in [4.69, 9.17) is 0 Å². The van der Waals surface area contributed by atoms with Crippen molar-refractivity contribution in [2.24, 2.45) is 5.92 Å². The lowest BCUT2D eigenvalue weighted by Crippen LogP contribution is -2.50. The summed E-state index contributed by atoms with van der Waals surface area (Å²) in [5, 5.41) is 2.55. The Kier molecular flexibility index (Phi) is 5.51. The smallest absolute Gasteiger partial charge is 0.322 e. The van der Waals surface area contributed by atoms with Gasteiger partial charge >= 0.3 is 12.2 Å². The van der Waals surface area contributed by atoms with Crippen molar-refractivity contribution in [1.82, 2.24) is 9.80 Å². The summed E-state index contributed by atoms with van der Waals surface area (Å²) in [6.45, 7) is 8.01. The van der Waals surface area contributed by atoms with Crippen LogP contribution < -0.4 is 5.32 Å². The minimum atomic E-state index is -4.41. The summed E-state index contributed by atoms with van der Waals surface area (Å²) < 4.78 is 38.0. The molecule has 1 aromatic rings. The number of urea groups is 1. The number of hydrogen-bond donors (Lipinski definition) is 1. The normalized spacial score (nSPS) is 16.7. The van der Waals surface area contributed by atoms with Crippen molar-refractivity contribution < 1.29 is 18.0 Å². The lowest BCUT2D eigenvalue weighted by atomic mass is 10.2. The monoisotopic (exact) mass is 329 g/mol. The molecule has 4 nitrogen and oxygen atoms in total. The molecule has 0 spiro atoms. The van der Waals surface area contributed by atoms with Gasteiger partial charge < -0.3 is 10.2 Å². The molecule has 1 N–H and O–H groups in total. The topological polar surface area (TPSA) is 35.6 Å². The van der Waals surface area contributed by atoms with Crippen molar-refractivity contribution >= 4 is 11.7 Å². The van der Waals surface area contributed by atoms with Gasteiger partial charge in [-0.3, -0.25) is 4.90 Å². The number of carbonyl (C=O) groups excluding carboxylic acids is 1. The fourth-order valence-corrected chi connectivity index (χ4v) is 2.63. The highest BCUT2D eigenvalue weighted by Gasteiger charge is 2.30. The van der Waals surface area contributed by atoms with E-state index in [0.29, 0.717) is 19.0 Å². The molecule has 0 atom stereocenters. The Labute approximate surface area is 134 Å². The fraction of sp³-hybridized carbons (Fsp3) is 0.562. The van der Waals surface area contributed by atoms with Gasteiger partial charge in [-0.05, 0) is 24.1 Å². The van der Waals surface area contributed by atoms with Crippen LogP contribution in [0.1, 0.15) is 19.4 Å². The summed E-state index contributed by atoms with van der Waals surface area (Å²) in [6, 6.07) is 4.34. The van der Waals surface area contributed by atoms with E-state index in [2.05, 4.69) is 24.1 Å². The van der Waals surface area contributed by atoms with Crippen LogP contribution in [0.4, 0.5) is 23.7 Å². The standard InChI is InChI=1S/C16H22F3N3O/c1-12(2)11-21-6-8-22(9-7-21)15(23)20-14-5-3-4-13(10-14)16(17,18)19/h3-5,10,12H,6-9,11H2,1-2H3,(H,20,23). The van der Waals surface area contributed by atoms with Crippen LogP contribution in [0.5, 0.6) is 0 Å². The van der Waals surface area contributed by atoms with Gasteiger partial charge in [0.25, 0.3) is 0 Å². The number of nitrogens with one attached hydrogen (secondary N) is 1. The lowest BCUT2D eigenvalue weighted by molar-refractivity contribution is -0.137. The van der Waals surface area contributed by atoms with Crippen LogP contribution in [0.3, 0.4) is 0 Å². The quantitative estimate of drug-likeness (QED) is 0.921. The van der Waals surface area contributed by atoms with Gasteiger partial charge in [-0.1, -0.05) is 19.9 Å². The Bertz CT molecular complexity index is 538. The molecule has 23 heavy (non-hydrogen) atoms. The predicted octanol–water partition coefficient (Wildman–Crippen LogP) is 3.51. The number of alkyl halides is 3. The summed E-state index contributed by atoms with van der Waals surface area (Å²) >= 11 is 0. The minimum absolute atomic E-state index is 0.162. The molecule has 1 fully saturated rings. The maximum atomic E-state index is 12.7. The van der Waals surface area contributed by atoms with Crippen LogP contribution in [0.15, 0.2) is 24.3 Å². The largest absolute Gasteiger partial charge is 0.416 e. The molecule has 2 rings (SSSR count). The lowest BCUT2D eigenvalue weighted by Gasteiger charge is -2.35. The van der Waals surface area contributed by atoms with E-state index in [1.165, 1.54) is 12.1 Å². The molecular weight excluding hydrogens is 307 g/mol. The summed E-state index contributed by atoms with van der Waals surface area (Å²) in [7, 11) is 0. The first-order valence-corrected chi connectivity index (χ1v) is 7.71. The number of piperazine rings is 1. The zero-order valence-corrected chi connectivity index (χ0v) is 13.4.